The maximum Gasteiger partial charge on any atom is 0.255 e. The van der Waals surface area contributed by atoms with Crippen molar-refractivity contribution in [3.05, 3.63) is 84.2 Å². The smallest absolute Gasteiger partial charge is 0.255 e. The van der Waals surface area contributed by atoms with Gasteiger partial charge in [0.25, 0.3) is 10.0 Å². The number of nitrogens with zero attached hydrogens (tertiary/aromatic N) is 2. The standard InChI is InChI=1S/C18H15N3O3S/c22-25(23,12-9-15-5-2-1-3-6-15)21-16-7-4-8-17(13-16)24-18-14-19-10-11-20-18/h1-14,21H/b12-9+. The van der Waals surface area contributed by atoms with Crippen molar-refractivity contribution in [1.29, 1.82) is 0 Å². The molecule has 0 unspecified atom stereocenters. The van der Waals surface area contributed by atoms with Gasteiger partial charge in [-0.05, 0) is 23.8 Å². The second-order valence-electron chi connectivity index (χ2n) is 5.03. The lowest BCUT2D eigenvalue weighted by atomic mass is 10.2. The second kappa shape index (κ2) is 7.59. The number of rotatable bonds is 6. The van der Waals surface area contributed by atoms with Crippen LogP contribution in [0.25, 0.3) is 6.08 Å². The minimum absolute atomic E-state index is 0.325. The van der Waals surface area contributed by atoms with Crippen LogP contribution in [0, 0.1) is 0 Å². The Balaban J connectivity index is 1.72. The van der Waals surface area contributed by atoms with Crippen molar-refractivity contribution in [2.75, 3.05) is 4.72 Å². The third-order valence-corrected chi connectivity index (χ3v) is 4.11. The Morgan fingerprint density at radius 3 is 2.60 bits per heavy atom. The fourth-order valence-electron chi connectivity index (χ4n) is 2.01. The average Bonchev–Trinajstić information content (AvgIpc) is 2.62. The molecule has 0 fully saturated rings. The molecule has 0 radical (unpaired) electrons. The molecule has 25 heavy (non-hydrogen) atoms. The highest BCUT2D eigenvalue weighted by Crippen LogP contribution is 2.23. The van der Waals surface area contributed by atoms with Crippen LogP contribution >= 0.6 is 0 Å². The summed E-state index contributed by atoms with van der Waals surface area (Å²) in [4.78, 5) is 7.91. The maximum absolute atomic E-state index is 12.2. The van der Waals surface area contributed by atoms with Crippen LogP contribution < -0.4 is 9.46 Å². The topological polar surface area (TPSA) is 81.2 Å². The third kappa shape index (κ3) is 5.15. The fourth-order valence-corrected chi connectivity index (χ4v) is 2.87. The summed E-state index contributed by atoms with van der Waals surface area (Å²) in [6.45, 7) is 0. The molecule has 0 aliphatic heterocycles. The summed E-state index contributed by atoms with van der Waals surface area (Å²) in [5.41, 5.74) is 1.19. The van der Waals surface area contributed by atoms with Crippen LogP contribution in [0.15, 0.2) is 78.6 Å². The van der Waals surface area contributed by atoms with Gasteiger partial charge < -0.3 is 4.74 Å². The summed E-state index contributed by atoms with van der Waals surface area (Å²) in [5, 5.41) is 1.12. The molecular formula is C18H15N3O3S. The first-order valence-electron chi connectivity index (χ1n) is 7.41. The van der Waals surface area contributed by atoms with E-state index >= 15 is 0 Å². The lowest BCUT2D eigenvalue weighted by molar-refractivity contribution is 0.460. The summed E-state index contributed by atoms with van der Waals surface area (Å²) in [7, 11) is -3.64. The molecule has 0 amide bonds. The number of ether oxygens (including phenoxy) is 1. The lowest BCUT2D eigenvalue weighted by Gasteiger charge is -2.08. The van der Waals surface area contributed by atoms with Crippen LogP contribution in [0.5, 0.6) is 11.6 Å². The zero-order valence-corrected chi connectivity index (χ0v) is 13.9. The number of benzene rings is 2. The van der Waals surface area contributed by atoms with E-state index in [0.717, 1.165) is 11.0 Å². The van der Waals surface area contributed by atoms with Gasteiger partial charge in [-0.1, -0.05) is 36.4 Å². The Kier molecular flexibility index (Phi) is 5.06. The zero-order chi connectivity index (χ0) is 17.5. The Morgan fingerprint density at radius 2 is 1.84 bits per heavy atom. The number of sulfonamides is 1. The molecule has 3 rings (SSSR count). The van der Waals surface area contributed by atoms with Crippen LogP contribution in [-0.4, -0.2) is 18.4 Å². The predicted octanol–water partition coefficient (Wildman–Crippen LogP) is 3.68. The van der Waals surface area contributed by atoms with E-state index in [2.05, 4.69) is 14.7 Å². The molecule has 1 heterocycles. The summed E-state index contributed by atoms with van der Waals surface area (Å²) in [5.74, 6) is 0.777. The molecule has 0 bridgehead atoms. The molecule has 1 aromatic heterocycles. The van der Waals surface area contributed by atoms with E-state index in [9.17, 15) is 8.42 Å². The summed E-state index contributed by atoms with van der Waals surface area (Å²) in [6, 6.07) is 15.8. The van der Waals surface area contributed by atoms with E-state index in [1.54, 1.807) is 24.3 Å². The van der Waals surface area contributed by atoms with Crippen molar-refractivity contribution < 1.29 is 13.2 Å². The van der Waals surface area contributed by atoms with E-state index in [4.69, 9.17) is 4.74 Å². The minimum Gasteiger partial charge on any atom is -0.437 e. The van der Waals surface area contributed by atoms with Gasteiger partial charge in [-0.2, -0.15) is 0 Å². The normalized spacial score (nSPS) is 11.4. The van der Waals surface area contributed by atoms with Gasteiger partial charge in [-0.3, -0.25) is 9.71 Å². The van der Waals surface area contributed by atoms with E-state index in [1.165, 1.54) is 24.7 Å². The number of anilines is 1. The summed E-state index contributed by atoms with van der Waals surface area (Å²) >= 11 is 0. The third-order valence-electron chi connectivity index (χ3n) is 3.10. The Labute approximate surface area is 145 Å². The highest BCUT2D eigenvalue weighted by molar-refractivity contribution is 7.95. The Bertz CT molecular complexity index is 959. The SMILES string of the molecule is O=S(=O)(/C=C/c1ccccc1)Nc1cccc(Oc2cnccn2)c1. The fraction of sp³-hybridized carbons (Fsp3) is 0. The van der Waals surface area contributed by atoms with Crippen molar-refractivity contribution in [3.8, 4) is 11.6 Å². The van der Waals surface area contributed by atoms with E-state index in [-0.39, 0.29) is 0 Å². The number of hydrogen-bond donors (Lipinski definition) is 1. The Morgan fingerprint density at radius 1 is 1.00 bits per heavy atom. The highest BCUT2D eigenvalue weighted by atomic mass is 32.2. The van der Waals surface area contributed by atoms with Gasteiger partial charge in [-0.15, -0.1) is 0 Å². The van der Waals surface area contributed by atoms with Crippen LogP contribution in [0.2, 0.25) is 0 Å². The van der Waals surface area contributed by atoms with Gasteiger partial charge in [0.15, 0.2) is 0 Å². The molecule has 126 valence electrons. The molecule has 0 spiro atoms. The minimum atomic E-state index is -3.64. The van der Waals surface area contributed by atoms with Crippen molar-refractivity contribution in [3.63, 3.8) is 0 Å². The maximum atomic E-state index is 12.2. The predicted molar refractivity (Wildman–Crippen MR) is 96.6 cm³/mol. The first-order valence-corrected chi connectivity index (χ1v) is 8.95. The van der Waals surface area contributed by atoms with E-state index < -0.39 is 10.0 Å². The quantitative estimate of drug-likeness (QED) is 0.731. The van der Waals surface area contributed by atoms with Gasteiger partial charge >= 0.3 is 0 Å². The zero-order valence-electron chi connectivity index (χ0n) is 13.1. The van der Waals surface area contributed by atoms with Crippen LogP contribution in [0.4, 0.5) is 5.69 Å². The number of hydrogen-bond acceptors (Lipinski definition) is 5. The monoisotopic (exact) mass is 353 g/mol. The first kappa shape index (κ1) is 16.7. The molecule has 6 nitrogen and oxygen atoms in total. The summed E-state index contributed by atoms with van der Waals surface area (Å²) in [6.07, 6.45) is 6.05. The van der Waals surface area contributed by atoms with Gasteiger partial charge in [0.1, 0.15) is 5.75 Å². The molecule has 0 saturated carbocycles. The van der Waals surface area contributed by atoms with Gasteiger partial charge in [0.2, 0.25) is 5.88 Å². The van der Waals surface area contributed by atoms with Crippen LogP contribution in [-0.2, 0) is 10.0 Å². The first-order chi connectivity index (χ1) is 12.1. The molecule has 0 aliphatic carbocycles. The number of nitrogens with one attached hydrogen (secondary N) is 1. The van der Waals surface area contributed by atoms with E-state index in [1.807, 2.05) is 30.3 Å². The molecule has 7 heteroatoms. The molecule has 0 aliphatic rings. The van der Waals surface area contributed by atoms with Crippen LogP contribution in [0.3, 0.4) is 0 Å². The number of aromatic nitrogens is 2. The highest BCUT2D eigenvalue weighted by Gasteiger charge is 2.07. The van der Waals surface area contributed by atoms with Gasteiger partial charge in [-0.25, -0.2) is 13.4 Å². The second-order valence-corrected chi connectivity index (χ2v) is 6.60. The molecular weight excluding hydrogens is 338 g/mol. The molecule has 3 aromatic rings. The molecule has 1 N–H and O–H groups in total. The van der Waals surface area contributed by atoms with Crippen molar-refractivity contribution in [2.45, 2.75) is 0 Å². The van der Waals surface area contributed by atoms with Crippen LogP contribution in [0.1, 0.15) is 5.56 Å². The largest absolute Gasteiger partial charge is 0.437 e. The van der Waals surface area contributed by atoms with Crippen molar-refractivity contribution in [2.24, 2.45) is 0 Å². The van der Waals surface area contributed by atoms with Gasteiger partial charge in [0, 0.05) is 18.5 Å². The summed E-state index contributed by atoms with van der Waals surface area (Å²) < 4.78 is 32.4. The van der Waals surface area contributed by atoms with Crippen molar-refractivity contribution >= 4 is 21.8 Å². The van der Waals surface area contributed by atoms with Crippen molar-refractivity contribution in [1.82, 2.24) is 9.97 Å². The van der Waals surface area contributed by atoms with Gasteiger partial charge in [0.05, 0.1) is 17.3 Å². The van der Waals surface area contributed by atoms with E-state index in [0.29, 0.717) is 17.3 Å². The lowest BCUT2D eigenvalue weighted by Crippen LogP contribution is -2.08. The molecule has 0 saturated heterocycles. The molecule has 2 aromatic carbocycles. The average molecular weight is 353 g/mol. The molecule has 0 atom stereocenters. The Hall–Kier alpha value is -3.19.